The molecule has 0 saturated carbocycles. The van der Waals surface area contributed by atoms with E-state index >= 15 is 4.79 Å². The van der Waals surface area contributed by atoms with E-state index in [2.05, 4.69) is 85.5 Å². The van der Waals surface area contributed by atoms with Crippen molar-refractivity contribution < 1.29 is 46.9 Å². The summed E-state index contributed by atoms with van der Waals surface area (Å²) in [6.45, 7) is 25.1. The first-order valence-corrected chi connectivity index (χ1v) is 32.0. The number of nitrogens with zero attached hydrogens (tertiary/aromatic N) is 2. The second-order valence-electron chi connectivity index (χ2n) is 22.2. The summed E-state index contributed by atoms with van der Waals surface area (Å²) >= 11 is 18.5. The molecule has 1 aliphatic rings. The van der Waals surface area contributed by atoms with Gasteiger partial charge in [0.1, 0.15) is 44.2 Å². The number of benzene rings is 5. The number of ether oxygens (including phenoxy) is 6. The van der Waals surface area contributed by atoms with E-state index in [1.807, 2.05) is 109 Å². The van der Waals surface area contributed by atoms with Gasteiger partial charge in [0.15, 0.2) is 8.32 Å². The third kappa shape index (κ3) is 16.4. The van der Waals surface area contributed by atoms with Gasteiger partial charge in [0.2, 0.25) is 3.79 Å². The van der Waals surface area contributed by atoms with Crippen molar-refractivity contribution in [3.05, 3.63) is 168 Å². The molecule has 0 radical (unpaired) electrons. The molecule has 2 amide bonds. The third-order valence-corrected chi connectivity index (χ3v) is 23.9. The first-order valence-electron chi connectivity index (χ1n) is 26.0. The van der Waals surface area contributed by atoms with Gasteiger partial charge in [-0.05, 0) is 76.2 Å². The number of hydrogen-bond donors (Lipinski definition) is 0. The lowest BCUT2D eigenvalue weighted by atomic mass is 10.0. The van der Waals surface area contributed by atoms with Gasteiger partial charge in [0.25, 0.3) is 8.32 Å². The van der Waals surface area contributed by atoms with Gasteiger partial charge in [-0.25, -0.2) is 9.59 Å². The molecule has 0 bridgehead atoms. The number of carbonyl (C=O) groups excluding carboxylic acids is 2. The molecule has 1 fully saturated rings. The van der Waals surface area contributed by atoms with Crippen molar-refractivity contribution in [2.75, 3.05) is 44.7 Å². The molecule has 0 unspecified atom stereocenters. The van der Waals surface area contributed by atoms with E-state index in [1.54, 1.807) is 18.7 Å². The Morgan fingerprint density at radius 1 is 0.727 bits per heavy atom. The van der Waals surface area contributed by atoms with E-state index in [0.717, 1.165) is 21.5 Å². The minimum absolute atomic E-state index is 0.000149. The normalized spacial score (nSPS) is 16.0. The van der Waals surface area contributed by atoms with Crippen molar-refractivity contribution in [1.82, 2.24) is 4.90 Å². The Kier molecular flexibility index (Phi) is 21.5. The van der Waals surface area contributed by atoms with Gasteiger partial charge in [0, 0.05) is 18.6 Å². The first kappa shape index (κ1) is 61.5. The molecular weight excluding hydrogens is 1070 g/mol. The minimum Gasteiger partial charge on any atom is -0.489 e. The summed E-state index contributed by atoms with van der Waals surface area (Å²) in [5.41, 5.74) is 2.47. The summed E-state index contributed by atoms with van der Waals surface area (Å²) in [5.74, 6) is 0.520. The fourth-order valence-corrected chi connectivity index (χ4v) is 15.1. The quantitative estimate of drug-likeness (QED) is 0.0194. The van der Waals surface area contributed by atoms with Crippen LogP contribution in [0, 0.1) is 0 Å². The molecule has 2 atom stereocenters. The van der Waals surface area contributed by atoms with E-state index in [4.69, 9.17) is 72.1 Å². The molecule has 0 aromatic heterocycles. The summed E-state index contributed by atoms with van der Waals surface area (Å²) < 4.78 is 50.1. The van der Waals surface area contributed by atoms with Gasteiger partial charge >= 0.3 is 12.2 Å². The van der Waals surface area contributed by atoms with E-state index in [-0.39, 0.29) is 44.8 Å². The molecule has 12 nitrogen and oxygen atoms in total. The van der Waals surface area contributed by atoms with Crippen molar-refractivity contribution >= 4 is 79.7 Å². The van der Waals surface area contributed by atoms with Gasteiger partial charge in [-0.1, -0.05) is 210 Å². The summed E-state index contributed by atoms with van der Waals surface area (Å²) in [7, 11) is -5.53. The highest BCUT2D eigenvalue weighted by molar-refractivity contribution is 6.99. The number of anilines is 1. The zero-order valence-electron chi connectivity index (χ0n) is 46.3. The molecule has 0 aliphatic carbocycles. The zero-order chi connectivity index (χ0) is 56.1. The molecule has 1 aliphatic heterocycles. The largest absolute Gasteiger partial charge is 0.489 e. The fourth-order valence-electron chi connectivity index (χ4n) is 9.31. The number of hydrogen-bond acceptors (Lipinski definition) is 10. The molecule has 77 heavy (non-hydrogen) atoms. The summed E-state index contributed by atoms with van der Waals surface area (Å²) in [4.78, 5) is 32.7. The van der Waals surface area contributed by atoms with E-state index in [1.165, 1.54) is 11.0 Å². The molecule has 5 aromatic carbocycles. The van der Waals surface area contributed by atoms with Crippen molar-refractivity contribution in [3.63, 3.8) is 0 Å². The van der Waals surface area contributed by atoms with E-state index in [0.29, 0.717) is 42.2 Å². The Morgan fingerprint density at radius 3 is 1.78 bits per heavy atom. The average molecular weight is 1150 g/mol. The van der Waals surface area contributed by atoms with Crippen LogP contribution in [0.2, 0.25) is 23.2 Å². The lowest BCUT2D eigenvalue weighted by molar-refractivity contribution is -0.0689. The van der Waals surface area contributed by atoms with Crippen LogP contribution >= 0.6 is 34.8 Å². The molecule has 0 spiro atoms. The van der Waals surface area contributed by atoms with Crippen LogP contribution in [0.5, 0.6) is 5.75 Å². The lowest BCUT2D eigenvalue weighted by Gasteiger charge is -2.44. The topological polar surface area (TPSA) is 114 Å². The Hall–Kier alpha value is -4.72. The molecule has 6 rings (SSSR count). The van der Waals surface area contributed by atoms with Gasteiger partial charge in [-0.3, -0.25) is 9.80 Å². The van der Waals surface area contributed by atoms with Gasteiger partial charge < -0.3 is 37.3 Å². The molecular formula is C60H77Cl3N2O10Si2. The second-order valence-corrected chi connectivity index (χ2v) is 33.8. The molecule has 416 valence electrons. The molecule has 17 heteroatoms. The number of carbonyl (C=O) groups is 2. The predicted octanol–water partition coefficient (Wildman–Crippen LogP) is 13.5. The maximum Gasteiger partial charge on any atom is 0.414 e. The van der Waals surface area contributed by atoms with Crippen LogP contribution in [0.25, 0.3) is 0 Å². The summed E-state index contributed by atoms with van der Waals surface area (Å²) in [6.07, 6.45) is -0.563. The highest BCUT2D eigenvalue weighted by atomic mass is 35.6. The maximum absolute atomic E-state index is 15.1. The molecule has 5 aromatic rings. The van der Waals surface area contributed by atoms with Crippen LogP contribution in [-0.4, -0.2) is 95.1 Å². The van der Waals surface area contributed by atoms with Crippen LogP contribution in [0.4, 0.5) is 15.3 Å². The average Bonchev–Trinajstić information content (AvgIpc) is 3.69. The summed E-state index contributed by atoms with van der Waals surface area (Å²) in [6, 6.07) is 43.1. The van der Waals surface area contributed by atoms with Crippen LogP contribution in [-0.2, 0) is 58.8 Å². The standard InChI is InChI=1S/C60H77Cl3N2O10Si2/c1-12-34-70-55(66)64(38-54-52(65(59(8,9)75-54)56(67)72-43-60(61,62)63)42-74-77(58(5,6)7,48-29-21-15-22-30-48)49-31-23-16-24-32-49)51-36-47(40-69-44-68-39-45-25-17-13-18-26-45)37-53(71-41-46-27-19-14-20-28-46)50(51)33-35-73-76(10,11)57(2,3)4/h12-32,36-37,52,54H,1,33-35,38-44H2,2-11H3/t52-,54-/m1/s1. The SMILES string of the molecule is C=CCOC(=O)N(C[C@H]1OC(C)(C)N(C(=O)OCC(Cl)(Cl)Cl)[C@@H]1CO[Si](c1ccccc1)(c1ccccc1)C(C)(C)C)c1cc(COCOCc2ccccc2)cc(OCc2ccccc2)c1CCO[Si](C)(C)C(C)(C)C. The Bertz CT molecular complexity index is 2630. The maximum atomic E-state index is 15.1. The van der Waals surface area contributed by atoms with Gasteiger partial charge in [0.05, 0.1) is 38.1 Å². The van der Waals surface area contributed by atoms with Crippen molar-refractivity contribution in [3.8, 4) is 5.75 Å². The second kappa shape index (κ2) is 27.0. The summed E-state index contributed by atoms with van der Waals surface area (Å²) in [5, 5.41) is 1.56. The lowest BCUT2D eigenvalue weighted by Crippen LogP contribution is -2.68. The number of alkyl halides is 3. The van der Waals surface area contributed by atoms with Crippen LogP contribution in [0.15, 0.2) is 146 Å². The van der Waals surface area contributed by atoms with Crippen LogP contribution < -0.4 is 20.0 Å². The zero-order valence-corrected chi connectivity index (χ0v) is 50.6. The van der Waals surface area contributed by atoms with E-state index < -0.39 is 62.1 Å². The Labute approximate surface area is 474 Å². The Balaban J connectivity index is 1.50. The fraction of sp³-hybridized carbons (Fsp3) is 0.433. The smallest absolute Gasteiger partial charge is 0.414 e. The highest BCUT2D eigenvalue weighted by Crippen LogP contribution is 2.42. The van der Waals surface area contributed by atoms with Crippen LogP contribution in [0.3, 0.4) is 0 Å². The van der Waals surface area contributed by atoms with Gasteiger partial charge in [-0.15, -0.1) is 0 Å². The third-order valence-electron chi connectivity index (χ3n) is 14.1. The number of amides is 2. The predicted molar refractivity (Wildman–Crippen MR) is 314 cm³/mol. The van der Waals surface area contributed by atoms with Crippen LogP contribution in [0.1, 0.15) is 77.6 Å². The molecule has 1 saturated heterocycles. The first-order chi connectivity index (χ1) is 36.4. The minimum atomic E-state index is -3.26. The van der Waals surface area contributed by atoms with E-state index in [9.17, 15) is 4.79 Å². The van der Waals surface area contributed by atoms with Gasteiger partial charge in [-0.2, -0.15) is 0 Å². The number of rotatable bonds is 24. The van der Waals surface area contributed by atoms with Crippen molar-refractivity contribution in [2.45, 2.75) is 126 Å². The Morgan fingerprint density at radius 2 is 1.26 bits per heavy atom. The monoisotopic (exact) mass is 1150 g/mol. The van der Waals surface area contributed by atoms with Crippen molar-refractivity contribution in [1.29, 1.82) is 0 Å². The molecule has 0 N–H and O–H groups in total. The highest BCUT2D eigenvalue weighted by Gasteiger charge is 2.56. The van der Waals surface area contributed by atoms with Crippen molar-refractivity contribution in [2.24, 2.45) is 0 Å². The number of halogens is 3. The molecule has 1 heterocycles.